The largest absolute Gasteiger partial charge is 0.378 e. The molecule has 4 rings (SSSR count). The lowest BCUT2D eigenvalue weighted by atomic mass is 10.1. The van der Waals surface area contributed by atoms with E-state index in [-0.39, 0.29) is 6.03 Å². The van der Waals surface area contributed by atoms with Gasteiger partial charge in [-0.2, -0.15) is 0 Å². The number of urea groups is 1. The van der Waals surface area contributed by atoms with E-state index in [1.54, 1.807) is 6.07 Å². The summed E-state index contributed by atoms with van der Waals surface area (Å²) >= 11 is 0. The average molecular weight is 394 g/mol. The fraction of sp³-hybridized carbons (Fsp3) is 0.273. The summed E-state index contributed by atoms with van der Waals surface area (Å²) in [6, 6.07) is 14.2. The highest BCUT2D eigenvalue weighted by molar-refractivity contribution is 5.93. The Labute approximate surface area is 168 Å². The summed E-state index contributed by atoms with van der Waals surface area (Å²) in [6.07, 6.45) is 0. The van der Waals surface area contributed by atoms with Crippen molar-refractivity contribution in [1.82, 2.24) is 10.3 Å². The van der Waals surface area contributed by atoms with Crippen LogP contribution in [0.15, 0.2) is 48.5 Å². The molecule has 0 spiro atoms. The first-order valence-corrected chi connectivity index (χ1v) is 9.62. The van der Waals surface area contributed by atoms with Crippen LogP contribution in [0.1, 0.15) is 11.1 Å². The van der Waals surface area contributed by atoms with Crippen molar-refractivity contribution < 1.29 is 13.9 Å². The Bertz CT molecular complexity index is 1020. The lowest BCUT2D eigenvalue weighted by molar-refractivity contribution is 0.122. The highest BCUT2D eigenvalue weighted by Crippen LogP contribution is 2.25. The van der Waals surface area contributed by atoms with Crippen LogP contribution in [-0.4, -0.2) is 37.3 Å². The third kappa shape index (κ3) is 4.63. The number of nitrogens with one attached hydrogen (secondary N) is 2. The topological polar surface area (TPSA) is 66.5 Å². The molecule has 2 amide bonds. The fourth-order valence-corrected chi connectivity index (χ4v) is 3.29. The number of nitrogens with zero attached hydrogens (tertiary/aromatic N) is 2. The third-order valence-corrected chi connectivity index (χ3v) is 4.90. The smallest absolute Gasteiger partial charge is 0.319 e. The Hall–Kier alpha value is -3.19. The summed E-state index contributed by atoms with van der Waals surface area (Å²) in [6.45, 7) is 5.16. The molecule has 29 heavy (non-hydrogen) atoms. The van der Waals surface area contributed by atoms with Gasteiger partial charge in [0.2, 0.25) is 0 Å². The number of carbonyl (C=O) groups excluding carboxylic acids is 1. The number of pyridine rings is 1. The van der Waals surface area contributed by atoms with Crippen molar-refractivity contribution in [3.63, 3.8) is 0 Å². The standard InChI is InChI=1S/C22H23FN4O2/c1-15-2-4-16(5-3-15)14-24-22(28)25-18-12-17-6-7-20(26-21(17)19(23)13-18)27-8-10-29-11-9-27/h2-7,12-13H,8-11,14H2,1H3,(H2,24,25,28). The number of benzene rings is 2. The van der Waals surface area contributed by atoms with E-state index in [4.69, 9.17) is 4.74 Å². The molecule has 0 saturated carbocycles. The van der Waals surface area contributed by atoms with Crippen LogP contribution >= 0.6 is 0 Å². The van der Waals surface area contributed by atoms with Crippen molar-refractivity contribution in [2.75, 3.05) is 36.5 Å². The second-order valence-electron chi connectivity index (χ2n) is 7.09. The van der Waals surface area contributed by atoms with E-state index < -0.39 is 5.82 Å². The van der Waals surface area contributed by atoms with Crippen LogP contribution in [0, 0.1) is 12.7 Å². The summed E-state index contributed by atoms with van der Waals surface area (Å²) in [4.78, 5) is 18.7. The number of morpholine rings is 1. The number of fused-ring (bicyclic) bond motifs is 1. The second kappa shape index (κ2) is 8.45. The Balaban J connectivity index is 1.45. The molecule has 7 heteroatoms. The number of ether oxygens (including phenoxy) is 1. The van der Waals surface area contributed by atoms with Gasteiger partial charge in [-0.1, -0.05) is 29.8 Å². The lowest BCUT2D eigenvalue weighted by Crippen LogP contribution is -2.36. The van der Waals surface area contributed by atoms with E-state index >= 15 is 0 Å². The van der Waals surface area contributed by atoms with Gasteiger partial charge in [0.25, 0.3) is 0 Å². The van der Waals surface area contributed by atoms with Crippen molar-refractivity contribution in [3.05, 3.63) is 65.5 Å². The van der Waals surface area contributed by atoms with Crippen LogP contribution < -0.4 is 15.5 Å². The van der Waals surface area contributed by atoms with E-state index in [1.165, 1.54) is 6.07 Å². The molecule has 1 aliphatic rings. The minimum absolute atomic E-state index is 0.291. The first-order chi connectivity index (χ1) is 14.1. The number of aromatic nitrogens is 1. The number of amides is 2. The van der Waals surface area contributed by atoms with Crippen LogP contribution in [0.4, 0.5) is 20.7 Å². The van der Waals surface area contributed by atoms with E-state index in [2.05, 4.69) is 20.5 Å². The zero-order valence-electron chi connectivity index (χ0n) is 16.2. The predicted octanol–water partition coefficient (Wildman–Crippen LogP) is 3.84. The quantitative estimate of drug-likeness (QED) is 0.706. The highest BCUT2D eigenvalue weighted by atomic mass is 19.1. The Morgan fingerprint density at radius 1 is 1.14 bits per heavy atom. The minimum atomic E-state index is -0.466. The number of hydrogen-bond donors (Lipinski definition) is 2. The van der Waals surface area contributed by atoms with E-state index in [0.717, 1.165) is 30.0 Å². The molecular formula is C22H23FN4O2. The van der Waals surface area contributed by atoms with Gasteiger partial charge in [-0.15, -0.1) is 0 Å². The number of anilines is 2. The summed E-state index contributed by atoms with van der Waals surface area (Å²) in [5.41, 5.74) is 2.84. The predicted molar refractivity (Wildman–Crippen MR) is 112 cm³/mol. The maximum atomic E-state index is 14.7. The van der Waals surface area contributed by atoms with Crippen molar-refractivity contribution in [3.8, 4) is 0 Å². The number of hydrogen-bond acceptors (Lipinski definition) is 4. The summed E-state index contributed by atoms with van der Waals surface area (Å²) in [7, 11) is 0. The first-order valence-electron chi connectivity index (χ1n) is 9.62. The average Bonchev–Trinajstić information content (AvgIpc) is 2.74. The maximum absolute atomic E-state index is 14.7. The van der Waals surface area contributed by atoms with Gasteiger partial charge in [0, 0.05) is 30.7 Å². The van der Waals surface area contributed by atoms with Crippen LogP contribution in [0.3, 0.4) is 0 Å². The van der Waals surface area contributed by atoms with Crippen LogP contribution in [-0.2, 0) is 11.3 Å². The maximum Gasteiger partial charge on any atom is 0.319 e. The molecule has 1 aliphatic heterocycles. The zero-order chi connectivity index (χ0) is 20.2. The molecule has 0 atom stereocenters. The zero-order valence-corrected chi connectivity index (χ0v) is 16.2. The number of carbonyl (C=O) groups is 1. The number of aryl methyl sites for hydroxylation is 1. The van der Waals surface area contributed by atoms with E-state index in [0.29, 0.717) is 36.3 Å². The summed E-state index contributed by atoms with van der Waals surface area (Å²) < 4.78 is 20.0. The van der Waals surface area contributed by atoms with Gasteiger partial charge in [0.15, 0.2) is 5.82 Å². The second-order valence-corrected chi connectivity index (χ2v) is 7.09. The Kier molecular flexibility index (Phi) is 5.57. The molecule has 3 aromatic rings. The van der Waals surface area contributed by atoms with E-state index in [1.807, 2.05) is 43.3 Å². The minimum Gasteiger partial charge on any atom is -0.378 e. The first kappa shape index (κ1) is 19.1. The summed E-state index contributed by atoms with van der Waals surface area (Å²) in [5, 5.41) is 6.10. The van der Waals surface area contributed by atoms with Gasteiger partial charge in [0.05, 0.1) is 13.2 Å². The molecule has 0 radical (unpaired) electrons. The Morgan fingerprint density at radius 3 is 2.66 bits per heavy atom. The summed E-state index contributed by atoms with van der Waals surface area (Å²) in [5.74, 6) is 0.266. The number of rotatable bonds is 4. The molecular weight excluding hydrogens is 371 g/mol. The van der Waals surface area contributed by atoms with Crippen LogP contribution in [0.2, 0.25) is 0 Å². The van der Waals surface area contributed by atoms with Crippen molar-refractivity contribution in [2.24, 2.45) is 0 Å². The van der Waals surface area contributed by atoms with Crippen LogP contribution in [0.25, 0.3) is 10.9 Å². The third-order valence-electron chi connectivity index (χ3n) is 4.90. The van der Waals surface area contributed by atoms with Gasteiger partial charge in [-0.05, 0) is 36.8 Å². The van der Waals surface area contributed by atoms with Gasteiger partial charge in [-0.3, -0.25) is 0 Å². The van der Waals surface area contributed by atoms with E-state index in [9.17, 15) is 9.18 Å². The molecule has 150 valence electrons. The van der Waals surface area contributed by atoms with Crippen LogP contribution in [0.5, 0.6) is 0 Å². The molecule has 2 aromatic carbocycles. The lowest BCUT2D eigenvalue weighted by Gasteiger charge is -2.28. The molecule has 1 saturated heterocycles. The fourth-order valence-electron chi connectivity index (χ4n) is 3.29. The molecule has 0 aliphatic carbocycles. The van der Waals surface area contributed by atoms with Gasteiger partial charge in [0.1, 0.15) is 11.3 Å². The normalized spacial score (nSPS) is 14.1. The number of halogens is 1. The van der Waals surface area contributed by atoms with Crippen molar-refractivity contribution in [2.45, 2.75) is 13.5 Å². The van der Waals surface area contributed by atoms with Crippen molar-refractivity contribution in [1.29, 1.82) is 0 Å². The van der Waals surface area contributed by atoms with Crippen molar-refractivity contribution >= 4 is 28.4 Å². The van der Waals surface area contributed by atoms with Gasteiger partial charge >= 0.3 is 6.03 Å². The highest BCUT2D eigenvalue weighted by Gasteiger charge is 2.15. The molecule has 1 fully saturated rings. The van der Waals surface area contributed by atoms with Gasteiger partial charge < -0.3 is 20.3 Å². The molecule has 0 bridgehead atoms. The monoisotopic (exact) mass is 394 g/mol. The SMILES string of the molecule is Cc1ccc(CNC(=O)Nc2cc(F)c3nc(N4CCOCC4)ccc3c2)cc1. The molecule has 1 aromatic heterocycles. The Morgan fingerprint density at radius 2 is 1.90 bits per heavy atom. The molecule has 2 heterocycles. The molecule has 6 nitrogen and oxygen atoms in total. The van der Waals surface area contributed by atoms with Gasteiger partial charge in [-0.25, -0.2) is 14.2 Å². The molecule has 2 N–H and O–H groups in total. The molecule has 0 unspecified atom stereocenters.